The molecule has 2 aromatic carbocycles. The van der Waals surface area contributed by atoms with Crippen LogP contribution in [-0.2, 0) is 6.42 Å². The normalized spacial score (nSPS) is 20.7. The van der Waals surface area contributed by atoms with Crippen LogP contribution in [0, 0.1) is 11.8 Å². The molecule has 6 rings (SSSR count). The zero-order chi connectivity index (χ0) is 20.2. The molecule has 0 saturated heterocycles. The summed E-state index contributed by atoms with van der Waals surface area (Å²) in [5.74, 6) is 2.78. The SMILES string of the molecule is CC(C)CC1CC[N+]2=C(C1)C1=C(CCc3c1oc1cc(-c4ccccc4)ccc31)C2. The molecule has 1 aromatic heterocycles. The molecule has 30 heavy (non-hydrogen) atoms. The summed E-state index contributed by atoms with van der Waals surface area (Å²) in [5.41, 5.74) is 9.63. The molecule has 0 saturated carbocycles. The molecule has 2 aliphatic heterocycles. The highest BCUT2D eigenvalue weighted by Crippen LogP contribution is 2.44. The summed E-state index contributed by atoms with van der Waals surface area (Å²) in [6.45, 7) is 7.07. The van der Waals surface area contributed by atoms with E-state index in [4.69, 9.17) is 4.42 Å². The second kappa shape index (κ2) is 6.97. The van der Waals surface area contributed by atoms with E-state index in [2.05, 4.69) is 67.0 Å². The Morgan fingerprint density at radius 3 is 2.73 bits per heavy atom. The van der Waals surface area contributed by atoms with Crippen LogP contribution in [0.2, 0.25) is 0 Å². The van der Waals surface area contributed by atoms with Gasteiger partial charge in [-0.25, -0.2) is 4.58 Å². The summed E-state index contributed by atoms with van der Waals surface area (Å²) in [7, 11) is 0. The van der Waals surface area contributed by atoms with Crippen LogP contribution in [0.4, 0.5) is 0 Å². The number of furan rings is 1. The van der Waals surface area contributed by atoms with Crippen molar-refractivity contribution in [3.8, 4) is 11.1 Å². The molecule has 1 atom stereocenters. The molecule has 3 aliphatic rings. The van der Waals surface area contributed by atoms with Gasteiger partial charge in [0.25, 0.3) is 0 Å². The number of nitrogens with zero attached hydrogens (tertiary/aromatic N) is 1. The number of hydrogen-bond acceptors (Lipinski definition) is 1. The summed E-state index contributed by atoms with van der Waals surface area (Å²) in [5, 5.41) is 1.31. The lowest BCUT2D eigenvalue weighted by atomic mass is 9.82. The van der Waals surface area contributed by atoms with Gasteiger partial charge >= 0.3 is 0 Å². The Balaban J connectivity index is 1.41. The quantitative estimate of drug-likeness (QED) is 0.449. The molecule has 1 unspecified atom stereocenters. The molecule has 0 fully saturated rings. The minimum atomic E-state index is 0.779. The third kappa shape index (κ3) is 2.88. The number of aryl methyl sites for hydroxylation is 1. The smallest absolute Gasteiger partial charge is 0.187 e. The minimum absolute atomic E-state index is 0.779. The minimum Gasteiger partial charge on any atom is -0.456 e. The average Bonchev–Trinajstić information content (AvgIpc) is 3.31. The van der Waals surface area contributed by atoms with E-state index in [0.717, 1.165) is 30.4 Å². The van der Waals surface area contributed by atoms with Crippen molar-refractivity contribution in [1.82, 2.24) is 0 Å². The molecule has 0 bridgehead atoms. The number of benzene rings is 2. The first kappa shape index (κ1) is 18.2. The van der Waals surface area contributed by atoms with E-state index in [0.29, 0.717) is 0 Å². The highest BCUT2D eigenvalue weighted by Gasteiger charge is 2.41. The maximum absolute atomic E-state index is 6.63. The molecule has 152 valence electrons. The molecule has 0 N–H and O–H groups in total. The van der Waals surface area contributed by atoms with Crippen molar-refractivity contribution < 1.29 is 8.99 Å². The van der Waals surface area contributed by atoms with Crippen LogP contribution < -0.4 is 0 Å². The van der Waals surface area contributed by atoms with Gasteiger partial charge in [-0.2, -0.15) is 0 Å². The van der Waals surface area contributed by atoms with Crippen LogP contribution in [0.5, 0.6) is 0 Å². The Morgan fingerprint density at radius 1 is 1.03 bits per heavy atom. The predicted octanol–water partition coefficient (Wildman–Crippen LogP) is 6.72. The van der Waals surface area contributed by atoms with Crippen LogP contribution in [0.1, 0.15) is 50.9 Å². The predicted molar refractivity (Wildman–Crippen MR) is 124 cm³/mol. The van der Waals surface area contributed by atoms with Crippen LogP contribution >= 0.6 is 0 Å². The first-order valence-corrected chi connectivity index (χ1v) is 11.6. The van der Waals surface area contributed by atoms with Gasteiger partial charge < -0.3 is 4.42 Å². The van der Waals surface area contributed by atoms with Crippen molar-refractivity contribution in [3.05, 3.63) is 65.4 Å². The molecule has 1 aliphatic carbocycles. The lowest BCUT2D eigenvalue weighted by Crippen LogP contribution is -2.29. The van der Waals surface area contributed by atoms with Crippen molar-refractivity contribution in [1.29, 1.82) is 0 Å². The Bertz CT molecular complexity index is 1190. The molecule has 0 spiro atoms. The monoisotopic (exact) mass is 396 g/mol. The number of allylic oxidation sites excluding steroid dienone is 1. The van der Waals surface area contributed by atoms with E-state index in [-0.39, 0.29) is 0 Å². The van der Waals surface area contributed by atoms with Crippen molar-refractivity contribution >= 4 is 22.3 Å². The van der Waals surface area contributed by atoms with E-state index in [1.54, 1.807) is 11.3 Å². The molecular weight excluding hydrogens is 366 g/mol. The van der Waals surface area contributed by atoms with Gasteiger partial charge in [-0.05, 0) is 48.3 Å². The van der Waals surface area contributed by atoms with E-state index >= 15 is 0 Å². The maximum Gasteiger partial charge on any atom is 0.187 e. The van der Waals surface area contributed by atoms with Gasteiger partial charge in [0.05, 0.1) is 5.57 Å². The van der Waals surface area contributed by atoms with Crippen LogP contribution in [0.15, 0.2) is 58.5 Å². The Hall–Kier alpha value is -2.61. The second-order valence-corrected chi connectivity index (χ2v) is 9.82. The number of rotatable bonds is 3. The van der Waals surface area contributed by atoms with E-state index in [1.165, 1.54) is 65.6 Å². The summed E-state index contributed by atoms with van der Waals surface area (Å²) >= 11 is 0. The van der Waals surface area contributed by atoms with Gasteiger partial charge in [-0.3, -0.25) is 0 Å². The van der Waals surface area contributed by atoms with E-state index in [9.17, 15) is 0 Å². The Kier molecular flexibility index (Phi) is 4.23. The first-order chi connectivity index (χ1) is 14.7. The lowest BCUT2D eigenvalue weighted by molar-refractivity contribution is -0.522. The fourth-order valence-corrected chi connectivity index (χ4v) is 5.98. The van der Waals surface area contributed by atoms with Gasteiger partial charge in [0.1, 0.15) is 17.9 Å². The lowest BCUT2D eigenvalue weighted by Gasteiger charge is -2.22. The largest absolute Gasteiger partial charge is 0.456 e. The molecule has 0 radical (unpaired) electrons. The fraction of sp³-hybridized carbons (Fsp3) is 0.393. The summed E-state index contributed by atoms with van der Waals surface area (Å²) < 4.78 is 9.28. The van der Waals surface area contributed by atoms with Gasteiger partial charge in [0.15, 0.2) is 12.3 Å². The van der Waals surface area contributed by atoms with Gasteiger partial charge in [-0.1, -0.05) is 56.3 Å². The van der Waals surface area contributed by atoms with Crippen molar-refractivity contribution in [2.24, 2.45) is 11.8 Å². The third-order valence-corrected chi connectivity index (χ3v) is 7.30. The standard InChI is InChI=1S/C28H30NO/c1-18(2)14-19-12-13-29-17-22-9-11-24-23-10-8-21(20-6-4-3-5-7-20)16-26(23)30-28(24)27(22)25(29)15-19/h3-8,10,16,18-19H,9,11-15,17H2,1-2H3/q+1. The summed E-state index contributed by atoms with van der Waals surface area (Å²) in [4.78, 5) is 0. The second-order valence-electron chi connectivity index (χ2n) is 9.82. The van der Waals surface area contributed by atoms with Crippen LogP contribution in [0.3, 0.4) is 0 Å². The molecule has 3 aromatic rings. The molecule has 2 nitrogen and oxygen atoms in total. The molecule has 2 heteroatoms. The molecule has 0 amide bonds. The summed E-state index contributed by atoms with van der Waals surface area (Å²) in [6.07, 6.45) is 6.21. The zero-order valence-electron chi connectivity index (χ0n) is 18.1. The highest BCUT2D eigenvalue weighted by molar-refractivity contribution is 6.24. The maximum atomic E-state index is 6.63. The fourth-order valence-electron chi connectivity index (χ4n) is 5.98. The topological polar surface area (TPSA) is 16.1 Å². The average molecular weight is 397 g/mol. The van der Waals surface area contributed by atoms with Crippen LogP contribution in [-0.4, -0.2) is 23.4 Å². The molecular formula is C28H30NO+. The van der Waals surface area contributed by atoms with Gasteiger partial charge in [-0.15, -0.1) is 0 Å². The van der Waals surface area contributed by atoms with Gasteiger partial charge in [0, 0.05) is 29.4 Å². The zero-order valence-corrected chi connectivity index (χ0v) is 18.1. The number of hydrogen-bond donors (Lipinski definition) is 0. The first-order valence-electron chi connectivity index (χ1n) is 11.6. The third-order valence-electron chi connectivity index (χ3n) is 7.30. The van der Waals surface area contributed by atoms with Crippen molar-refractivity contribution in [3.63, 3.8) is 0 Å². The van der Waals surface area contributed by atoms with Crippen LogP contribution in [0.25, 0.3) is 27.7 Å². The van der Waals surface area contributed by atoms with Gasteiger partial charge in [0.2, 0.25) is 0 Å². The number of fused-ring (bicyclic) bond motifs is 5. The highest BCUT2D eigenvalue weighted by atomic mass is 16.3. The van der Waals surface area contributed by atoms with Crippen molar-refractivity contribution in [2.45, 2.75) is 46.0 Å². The van der Waals surface area contributed by atoms with E-state index < -0.39 is 0 Å². The Labute approximate surface area is 178 Å². The molecule has 3 heterocycles. The Morgan fingerprint density at radius 2 is 1.90 bits per heavy atom. The van der Waals surface area contributed by atoms with Crippen molar-refractivity contribution in [2.75, 3.05) is 13.1 Å². The van der Waals surface area contributed by atoms with E-state index in [1.807, 2.05) is 0 Å². The summed E-state index contributed by atoms with van der Waals surface area (Å²) in [6, 6.07) is 17.4.